The molecule has 0 saturated heterocycles. The number of aromatic nitrogens is 1. The van der Waals surface area contributed by atoms with Crippen LogP contribution < -0.4 is 5.32 Å². The lowest BCUT2D eigenvalue weighted by Crippen LogP contribution is -2.08. The summed E-state index contributed by atoms with van der Waals surface area (Å²) < 4.78 is 0.879. The summed E-state index contributed by atoms with van der Waals surface area (Å²) in [5.74, 6) is 0.349. The molecule has 0 fully saturated rings. The van der Waals surface area contributed by atoms with E-state index in [4.69, 9.17) is 0 Å². The van der Waals surface area contributed by atoms with Crippen LogP contribution >= 0.6 is 27.3 Å². The summed E-state index contributed by atoms with van der Waals surface area (Å²) in [5.41, 5.74) is 0. The van der Waals surface area contributed by atoms with E-state index < -0.39 is 0 Å². The highest BCUT2D eigenvalue weighted by molar-refractivity contribution is 9.10. The van der Waals surface area contributed by atoms with Gasteiger partial charge in [-0.2, -0.15) is 0 Å². The molecule has 2 aromatic rings. The number of hydrogen-bond donors (Lipinski definition) is 1. The van der Waals surface area contributed by atoms with Crippen molar-refractivity contribution in [3.05, 3.63) is 51.3 Å². The van der Waals surface area contributed by atoms with Gasteiger partial charge in [-0.05, 0) is 45.6 Å². The number of carbonyl (C=O) groups excluding carboxylic acids is 1. The van der Waals surface area contributed by atoms with Crippen molar-refractivity contribution in [3.63, 3.8) is 0 Å². The highest BCUT2D eigenvalue weighted by Gasteiger charge is 1.98. The molecule has 0 unspecified atom stereocenters. The van der Waals surface area contributed by atoms with Gasteiger partial charge in [-0.15, -0.1) is 11.3 Å². The van der Waals surface area contributed by atoms with Gasteiger partial charge in [0, 0.05) is 21.6 Å². The summed E-state index contributed by atoms with van der Waals surface area (Å²) in [6, 6.07) is 7.46. The lowest BCUT2D eigenvalue weighted by atomic mass is 10.4. The molecule has 0 saturated carbocycles. The first kappa shape index (κ1) is 12.0. The van der Waals surface area contributed by atoms with Gasteiger partial charge in [0.1, 0.15) is 5.82 Å². The van der Waals surface area contributed by atoms with Crippen molar-refractivity contribution >= 4 is 45.1 Å². The number of thiophene rings is 1. The largest absolute Gasteiger partial charge is 0.307 e. The minimum absolute atomic E-state index is 0.187. The molecule has 86 valence electrons. The number of halogens is 1. The lowest BCUT2D eigenvalue weighted by Gasteiger charge is -2.00. The van der Waals surface area contributed by atoms with E-state index in [-0.39, 0.29) is 5.91 Å². The number of anilines is 1. The van der Waals surface area contributed by atoms with Crippen LogP contribution in [-0.4, -0.2) is 10.9 Å². The average molecular weight is 309 g/mol. The van der Waals surface area contributed by atoms with Crippen LogP contribution in [0.25, 0.3) is 6.08 Å². The normalized spacial score (nSPS) is 10.6. The Hall–Kier alpha value is -1.46. The van der Waals surface area contributed by atoms with Crippen molar-refractivity contribution in [2.45, 2.75) is 0 Å². The highest BCUT2D eigenvalue weighted by Crippen LogP contribution is 2.12. The van der Waals surface area contributed by atoms with Crippen LogP contribution in [0, 0.1) is 0 Å². The van der Waals surface area contributed by atoms with Gasteiger partial charge in [0.25, 0.3) is 0 Å². The quantitative estimate of drug-likeness (QED) is 0.881. The lowest BCUT2D eigenvalue weighted by molar-refractivity contribution is -0.111. The zero-order valence-electron chi connectivity index (χ0n) is 8.76. The van der Waals surface area contributed by atoms with Gasteiger partial charge >= 0.3 is 0 Å². The Morgan fingerprint density at radius 1 is 1.41 bits per heavy atom. The third-order valence-corrected chi connectivity index (χ3v) is 3.23. The van der Waals surface area contributed by atoms with Crippen LogP contribution in [0.3, 0.4) is 0 Å². The first-order valence-electron chi connectivity index (χ1n) is 4.88. The van der Waals surface area contributed by atoms with Gasteiger partial charge < -0.3 is 5.32 Å². The van der Waals surface area contributed by atoms with Crippen molar-refractivity contribution < 1.29 is 4.79 Å². The molecule has 1 N–H and O–H groups in total. The molecule has 0 aromatic carbocycles. The fourth-order valence-corrected chi connectivity index (χ4v) is 2.01. The van der Waals surface area contributed by atoms with Crippen LogP contribution in [-0.2, 0) is 4.79 Å². The van der Waals surface area contributed by atoms with E-state index in [1.807, 2.05) is 23.6 Å². The Bertz CT molecular complexity index is 520. The molecule has 2 aromatic heterocycles. The second-order valence-electron chi connectivity index (χ2n) is 3.20. The number of nitrogens with zero attached hydrogens (tertiary/aromatic N) is 1. The summed E-state index contributed by atoms with van der Waals surface area (Å²) in [6.07, 6.45) is 4.91. The maximum absolute atomic E-state index is 11.5. The van der Waals surface area contributed by atoms with Crippen LogP contribution in [0.2, 0.25) is 0 Å². The van der Waals surface area contributed by atoms with Crippen molar-refractivity contribution in [3.8, 4) is 0 Å². The Kier molecular flexibility index (Phi) is 4.06. The first-order chi connectivity index (χ1) is 8.24. The molecule has 0 radical (unpaired) electrons. The van der Waals surface area contributed by atoms with Crippen molar-refractivity contribution in [2.75, 3.05) is 5.32 Å². The average Bonchev–Trinajstić information content (AvgIpc) is 2.83. The molecule has 3 nitrogen and oxygen atoms in total. The minimum atomic E-state index is -0.187. The first-order valence-corrected chi connectivity index (χ1v) is 6.55. The van der Waals surface area contributed by atoms with Crippen LogP contribution in [0.15, 0.2) is 46.4 Å². The fourth-order valence-electron chi connectivity index (χ4n) is 1.16. The van der Waals surface area contributed by atoms with E-state index in [2.05, 4.69) is 26.2 Å². The molecule has 5 heteroatoms. The monoisotopic (exact) mass is 308 g/mol. The number of amides is 1. The summed E-state index contributed by atoms with van der Waals surface area (Å²) in [7, 11) is 0. The summed E-state index contributed by atoms with van der Waals surface area (Å²) in [5, 5.41) is 4.64. The van der Waals surface area contributed by atoms with Crippen LogP contribution in [0.5, 0.6) is 0 Å². The Morgan fingerprint density at radius 2 is 2.29 bits per heavy atom. The Labute approximate surface area is 111 Å². The third kappa shape index (κ3) is 3.80. The van der Waals surface area contributed by atoms with Crippen LogP contribution in [0.4, 0.5) is 5.82 Å². The van der Waals surface area contributed by atoms with Gasteiger partial charge in [-0.3, -0.25) is 4.79 Å². The summed E-state index contributed by atoms with van der Waals surface area (Å²) in [6.45, 7) is 0. The standard InChI is InChI=1S/C12H9BrN2OS/c13-9-3-5-11(14-8-9)15-12(16)6-4-10-2-1-7-17-10/h1-8H,(H,14,15,16). The van der Waals surface area contributed by atoms with E-state index in [0.29, 0.717) is 5.82 Å². The van der Waals surface area contributed by atoms with Gasteiger partial charge in [-0.25, -0.2) is 4.98 Å². The molecular formula is C12H9BrN2OS. The SMILES string of the molecule is O=C(C=Cc1cccs1)Nc1ccc(Br)cn1. The number of hydrogen-bond acceptors (Lipinski definition) is 3. The van der Waals surface area contributed by atoms with E-state index in [0.717, 1.165) is 9.35 Å². The molecule has 0 spiro atoms. The maximum atomic E-state index is 11.5. The summed E-state index contributed by atoms with van der Waals surface area (Å²) >= 11 is 4.87. The fraction of sp³-hybridized carbons (Fsp3) is 0. The maximum Gasteiger partial charge on any atom is 0.249 e. The molecule has 1 amide bonds. The van der Waals surface area contributed by atoms with Gasteiger partial charge in [-0.1, -0.05) is 6.07 Å². The molecular weight excluding hydrogens is 300 g/mol. The predicted octanol–water partition coefficient (Wildman–Crippen LogP) is 3.56. The second-order valence-corrected chi connectivity index (χ2v) is 5.09. The van der Waals surface area contributed by atoms with Crippen molar-refractivity contribution in [1.29, 1.82) is 0 Å². The molecule has 0 aliphatic heterocycles. The smallest absolute Gasteiger partial charge is 0.249 e. The van der Waals surface area contributed by atoms with Crippen molar-refractivity contribution in [2.24, 2.45) is 0 Å². The van der Waals surface area contributed by atoms with E-state index in [1.165, 1.54) is 6.08 Å². The zero-order chi connectivity index (χ0) is 12.1. The minimum Gasteiger partial charge on any atom is -0.307 e. The molecule has 17 heavy (non-hydrogen) atoms. The van der Waals surface area contributed by atoms with Gasteiger partial charge in [0.15, 0.2) is 0 Å². The summed E-state index contributed by atoms with van der Waals surface area (Å²) in [4.78, 5) is 16.6. The number of nitrogens with one attached hydrogen (secondary N) is 1. The molecule has 2 heterocycles. The number of pyridine rings is 1. The highest BCUT2D eigenvalue weighted by atomic mass is 79.9. The Balaban J connectivity index is 1.95. The number of rotatable bonds is 3. The topological polar surface area (TPSA) is 42.0 Å². The second kappa shape index (κ2) is 5.75. The molecule has 0 aliphatic carbocycles. The number of carbonyl (C=O) groups is 1. The molecule has 0 atom stereocenters. The van der Waals surface area contributed by atoms with Gasteiger partial charge in [0.2, 0.25) is 5.91 Å². The predicted molar refractivity (Wildman–Crippen MR) is 73.9 cm³/mol. The van der Waals surface area contributed by atoms with Gasteiger partial charge in [0.05, 0.1) is 0 Å². The Morgan fingerprint density at radius 3 is 2.94 bits per heavy atom. The van der Waals surface area contributed by atoms with E-state index in [9.17, 15) is 4.79 Å². The van der Waals surface area contributed by atoms with E-state index >= 15 is 0 Å². The van der Waals surface area contributed by atoms with E-state index in [1.54, 1.807) is 29.7 Å². The van der Waals surface area contributed by atoms with Crippen LogP contribution in [0.1, 0.15) is 4.88 Å². The molecule has 0 bridgehead atoms. The molecule has 2 rings (SSSR count). The third-order valence-electron chi connectivity index (χ3n) is 1.92. The molecule has 0 aliphatic rings. The van der Waals surface area contributed by atoms with Crippen molar-refractivity contribution in [1.82, 2.24) is 4.98 Å². The zero-order valence-corrected chi connectivity index (χ0v) is 11.2.